The van der Waals surface area contributed by atoms with Crippen LogP contribution in [0.5, 0.6) is 0 Å². The van der Waals surface area contributed by atoms with E-state index in [0.29, 0.717) is 6.10 Å². The number of ether oxygens (including phenoxy) is 1. The van der Waals surface area contributed by atoms with Crippen molar-refractivity contribution in [2.45, 2.75) is 44.6 Å². The number of hydrogen-bond acceptors (Lipinski definition) is 3. The van der Waals surface area contributed by atoms with Gasteiger partial charge in [0.25, 0.3) is 0 Å². The molecule has 2 N–H and O–H groups in total. The first-order valence-electron chi connectivity index (χ1n) is 6.96. The highest BCUT2D eigenvalue weighted by atomic mass is 16.5. The molecular formula is C13H24N2O2. The van der Waals surface area contributed by atoms with Crippen molar-refractivity contribution < 1.29 is 9.53 Å². The van der Waals surface area contributed by atoms with E-state index in [1.54, 1.807) is 0 Å². The van der Waals surface area contributed by atoms with Crippen LogP contribution < -0.4 is 10.6 Å². The van der Waals surface area contributed by atoms with Crippen molar-refractivity contribution >= 4 is 5.91 Å². The topological polar surface area (TPSA) is 50.4 Å². The summed E-state index contributed by atoms with van der Waals surface area (Å²) in [5.74, 6) is 0.393. The maximum absolute atomic E-state index is 11.8. The van der Waals surface area contributed by atoms with Crippen molar-refractivity contribution in [1.82, 2.24) is 10.6 Å². The smallest absolute Gasteiger partial charge is 0.224 e. The van der Waals surface area contributed by atoms with Crippen LogP contribution in [0.3, 0.4) is 0 Å². The first-order chi connectivity index (χ1) is 8.36. The maximum atomic E-state index is 11.8. The lowest BCUT2D eigenvalue weighted by Crippen LogP contribution is -2.41. The van der Waals surface area contributed by atoms with E-state index in [0.717, 1.165) is 51.9 Å². The molecule has 0 aromatic heterocycles. The Balaban J connectivity index is 1.58. The minimum Gasteiger partial charge on any atom is -0.378 e. The van der Waals surface area contributed by atoms with Gasteiger partial charge in [-0.1, -0.05) is 0 Å². The molecule has 4 nitrogen and oxygen atoms in total. The Bertz CT molecular complexity index is 234. The van der Waals surface area contributed by atoms with E-state index in [9.17, 15) is 4.79 Å². The third kappa shape index (κ3) is 4.28. The Hall–Kier alpha value is -0.610. The highest BCUT2D eigenvalue weighted by Gasteiger charge is 2.21. The van der Waals surface area contributed by atoms with E-state index in [2.05, 4.69) is 10.6 Å². The summed E-state index contributed by atoms with van der Waals surface area (Å²) in [5, 5.41) is 6.31. The molecule has 2 aliphatic rings. The van der Waals surface area contributed by atoms with Gasteiger partial charge < -0.3 is 15.4 Å². The summed E-state index contributed by atoms with van der Waals surface area (Å²) >= 11 is 0. The van der Waals surface area contributed by atoms with Gasteiger partial charge in [-0.15, -0.1) is 0 Å². The van der Waals surface area contributed by atoms with Crippen LogP contribution in [0.2, 0.25) is 0 Å². The third-order valence-electron chi connectivity index (χ3n) is 3.71. The minimum absolute atomic E-state index is 0.177. The summed E-state index contributed by atoms with van der Waals surface area (Å²) in [4.78, 5) is 11.8. The molecule has 2 fully saturated rings. The van der Waals surface area contributed by atoms with Gasteiger partial charge in [0.2, 0.25) is 5.91 Å². The van der Waals surface area contributed by atoms with Gasteiger partial charge in [-0.2, -0.15) is 0 Å². The van der Waals surface area contributed by atoms with Crippen molar-refractivity contribution in [3.05, 3.63) is 0 Å². The predicted octanol–water partition coefficient (Wildman–Crippen LogP) is 1.06. The SMILES string of the molecule is O=C(NCCC1CCCCO1)[C@@H]1CCCNC1. The summed E-state index contributed by atoms with van der Waals surface area (Å²) in [6, 6.07) is 0. The van der Waals surface area contributed by atoms with Crippen LogP contribution in [0.15, 0.2) is 0 Å². The Kier molecular flexibility index (Phi) is 5.26. The number of carbonyl (C=O) groups excluding carboxylic acids is 1. The van der Waals surface area contributed by atoms with Crippen LogP contribution in [0, 0.1) is 5.92 Å². The first kappa shape index (κ1) is 12.8. The molecule has 2 rings (SSSR count). The fourth-order valence-electron chi connectivity index (χ4n) is 2.61. The number of amides is 1. The van der Waals surface area contributed by atoms with Crippen LogP contribution in [-0.2, 0) is 9.53 Å². The highest BCUT2D eigenvalue weighted by molar-refractivity contribution is 5.78. The van der Waals surface area contributed by atoms with Crippen molar-refractivity contribution in [2.75, 3.05) is 26.2 Å². The van der Waals surface area contributed by atoms with Crippen molar-refractivity contribution in [3.8, 4) is 0 Å². The second-order valence-electron chi connectivity index (χ2n) is 5.11. The van der Waals surface area contributed by atoms with Crippen molar-refractivity contribution in [3.63, 3.8) is 0 Å². The molecule has 2 saturated heterocycles. The van der Waals surface area contributed by atoms with Crippen molar-refractivity contribution in [1.29, 1.82) is 0 Å². The highest BCUT2D eigenvalue weighted by Crippen LogP contribution is 2.15. The molecule has 98 valence electrons. The number of hydrogen-bond donors (Lipinski definition) is 2. The lowest BCUT2D eigenvalue weighted by atomic mass is 9.99. The van der Waals surface area contributed by atoms with Gasteiger partial charge in [-0.25, -0.2) is 0 Å². The summed E-state index contributed by atoms with van der Waals surface area (Å²) < 4.78 is 5.64. The summed E-state index contributed by atoms with van der Waals surface area (Å²) in [5.41, 5.74) is 0. The average molecular weight is 240 g/mol. The summed E-state index contributed by atoms with van der Waals surface area (Å²) in [7, 11) is 0. The van der Waals surface area contributed by atoms with E-state index in [4.69, 9.17) is 4.74 Å². The number of nitrogens with one attached hydrogen (secondary N) is 2. The normalized spacial score (nSPS) is 29.9. The summed E-state index contributed by atoms with van der Waals surface area (Å²) in [6.45, 7) is 3.55. The second-order valence-corrected chi connectivity index (χ2v) is 5.11. The molecule has 0 bridgehead atoms. The molecule has 2 heterocycles. The van der Waals surface area contributed by atoms with Gasteiger partial charge >= 0.3 is 0 Å². The van der Waals surface area contributed by atoms with Crippen LogP contribution >= 0.6 is 0 Å². The van der Waals surface area contributed by atoms with Crippen LogP contribution in [0.4, 0.5) is 0 Å². The average Bonchev–Trinajstić information content (AvgIpc) is 2.41. The predicted molar refractivity (Wildman–Crippen MR) is 66.8 cm³/mol. The molecule has 17 heavy (non-hydrogen) atoms. The van der Waals surface area contributed by atoms with Gasteiger partial charge in [0.05, 0.1) is 12.0 Å². The van der Waals surface area contributed by atoms with Crippen LogP contribution in [-0.4, -0.2) is 38.3 Å². The molecule has 0 saturated carbocycles. The number of piperidine rings is 1. The van der Waals surface area contributed by atoms with E-state index in [1.807, 2.05) is 0 Å². The molecule has 0 aliphatic carbocycles. The second kappa shape index (κ2) is 6.97. The zero-order valence-corrected chi connectivity index (χ0v) is 10.5. The lowest BCUT2D eigenvalue weighted by molar-refractivity contribution is -0.125. The first-order valence-corrected chi connectivity index (χ1v) is 6.96. The van der Waals surface area contributed by atoms with Crippen molar-refractivity contribution in [2.24, 2.45) is 5.92 Å². The van der Waals surface area contributed by atoms with E-state index < -0.39 is 0 Å². The van der Waals surface area contributed by atoms with E-state index >= 15 is 0 Å². The minimum atomic E-state index is 0.177. The Morgan fingerprint density at radius 3 is 2.94 bits per heavy atom. The number of carbonyl (C=O) groups is 1. The Morgan fingerprint density at radius 1 is 1.29 bits per heavy atom. The molecular weight excluding hydrogens is 216 g/mol. The van der Waals surface area contributed by atoms with Gasteiger partial charge in [-0.3, -0.25) is 4.79 Å². The largest absolute Gasteiger partial charge is 0.378 e. The Morgan fingerprint density at radius 2 is 2.24 bits per heavy atom. The van der Waals surface area contributed by atoms with E-state index in [1.165, 1.54) is 12.8 Å². The molecule has 1 amide bonds. The monoisotopic (exact) mass is 240 g/mol. The molecule has 1 unspecified atom stereocenters. The summed E-state index contributed by atoms with van der Waals surface area (Å²) in [6.07, 6.45) is 7.09. The zero-order valence-electron chi connectivity index (χ0n) is 10.5. The molecule has 0 radical (unpaired) electrons. The molecule has 4 heteroatoms. The number of rotatable bonds is 4. The lowest BCUT2D eigenvalue weighted by Gasteiger charge is -2.24. The maximum Gasteiger partial charge on any atom is 0.224 e. The fraction of sp³-hybridized carbons (Fsp3) is 0.923. The molecule has 2 aliphatic heterocycles. The zero-order chi connectivity index (χ0) is 11.9. The Labute approximate surface area is 103 Å². The molecule has 0 spiro atoms. The third-order valence-corrected chi connectivity index (χ3v) is 3.71. The molecule has 2 atom stereocenters. The van der Waals surface area contributed by atoms with Gasteiger partial charge in [0.1, 0.15) is 0 Å². The molecule has 0 aromatic rings. The quantitative estimate of drug-likeness (QED) is 0.772. The molecule has 0 aromatic carbocycles. The van der Waals surface area contributed by atoms with Crippen LogP contribution in [0.1, 0.15) is 38.5 Å². The van der Waals surface area contributed by atoms with Gasteiger partial charge in [0.15, 0.2) is 0 Å². The standard InChI is InChI=1S/C13H24N2O2/c16-13(11-4-3-7-14-10-11)15-8-6-12-5-1-2-9-17-12/h11-12,14H,1-10H2,(H,15,16)/t11-,12?/m1/s1. The van der Waals surface area contributed by atoms with Gasteiger partial charge in [0, 0.05) is 19.7 Å². The fourth-order valence-corrected chi connectivity index (χ4v) is 2.61. The van der Waals surface area contributed by atoms with Crippen LogP contribution in [0.25, 0.3) is 0 Å². The van der Waals surface area contributed by atoms with E-state index in [-0.39, 0.29) is 11.8 Å². The van der Waals surface area contributed by atoms with Gasteiger partial charge in [-0.05, 0) is 45.1 Å².